The molecule has 2 amide bonds. The van der Waals surface area contributed by atoms with E-state index < -0.39 is 5.60 Å². The largest absolute Gasteiger partial charge is 0.383 e. The molecule has 1 aliphatic heterocycles. The van der Waals surface area contributed by atoms with E-state index in [4.69, 9.17) is 4.74 Å². The molecule has 0 spiro atoms. The van der Waals surface area contributed by atoms with Crippen molar-refractivity contribution >= 4 is 6.03 Å². The van der Waals surface area contributed by atoms with Crippen molar-refractivity contribution in [2.24, 2.45) is 5.92 Å². The van der Waals surface area contributed by atoms with Crippen molar-refractivity contribution in [2.75, 3.05) is 19.8 Å². The van der Waals surface area contributed by atoms with Gasteiger partial charge in [-0.05, 0) is 37.2 Å². The van der Waals surface area contributed by atoms with Crippen molar-refractivity contribution in [1.82, 2.24) is 10.6 Å². The Morgan fingerprint density at radius 2 is 1.86 bits per heavy atom. The molecule has 1 saturated carbocycles. The lowest BCUT2D eigenvalue weighted by molar-refractivity contribution is 0.0156. The highest BCUT2D eigenvalue weighted by atomic mass is 16.5. The molecule has 2 aliphatic rings. The Morgan fingerprint density at radius 1 is 1.18 bits per heavy atom. The van der Waals surface area contributed by atoms with Gasteiger partial charge in [0.15, 0.2) is 0 Å². The highest BCUT2D eigenvalue weighted by molar-refractivity contribution is 5.74. The molecule has 1 aromatic carbocycles. The van der Waals surface area contributed by atoms with Crippen LogP contribution in [0.3, 0.4) is 0 Å². The number of benzene rings is 1. The van der Waals surface area contributed by atoms with E-state index in [9.17, 15) is 9.90 Å². The van der Waals surface area contributed by atoms with Crippen LogP contribution in [0.25, 0.3) is 0 Å². The number of carbonyl (C=O) groups is 1. The van der Waals surface area contributed by atoms with E-state index >= 15 is 0 Å². The summed E-state index contributed by atoms with van der Waals surface area (Å²) in [4.78, 5) is 12.1. The van der Waals surface area contributed by atoms with Gasteiger partial charge in [0.2, 0.25) is 0 Å². The van der Waals surface area contributed by atoms with Gasteiger partial charge in [0, 0.05) is 19.3 Å². The Bertz CT molecular complexity index is 498. The number of hydrogen-bond acceptors (Lipinski definition) is 3. The van der Waals surface area contributed by atoms with Gasteiger partial charge in [0.05, 0.1) is 6.54 Å². The number of urea groups is 1. The summed E-state index contributed by atoms with van der Waals surface area (Å²) in [5.74, 6) is 0.235. The molecular formula is C17H24N2O3. The van der Waals surface area contributed by atoms with E-state index in [0.717, 1.165) is 31.2 Å². The second-order valence-corrected chi connectivity index (χ2v) is 6.28. The van der Waals surface area contributed by atoms with Crippen LogP contribution in [-0.4, -0.2) is 36.9 Å². The first-order chi connectivity index (χ1) is 10.7. The third kappa shape index (κ3) is 3.59. The Balaban J connectivity index is 1.56. The van der Waals surface area contributed by atoms with Crippen LogP contribution in [0.15, 0.2) is 30.3 Å². The summed E-state index contributed by atoms with van der Waals surface area (Å²) in [5.41, 5.74) is -0.0854. The van der Waals surface area contributed by atoms with Gasteiger partial charge in [-0.25, -0.2) is 4.79 Å². The lowest BCUT2D eigenvalue weighted by atomic mass is 9.89. The maximum Gasteiger partial charge on any atom is 0.315 e. The van der Waals surface area contributed by atoms with Gasteiger partial charge >= 0.3 is 6.03 Å². The van der Waals surface area contributed by atoms with Gasteiger partial charge in [-0.2, -0.15) is 0 Å². The zero-order chi connectivity index (χ0) is 15.4. The molecule has 1 atom stereocenters. The SMILES string of the molecule is O=C(NCC(O)(c1ccccc1)C1CC1)NC1CCOCC1. The molecule has 1 heterocycles. The van der Waals surface area contributed by atoms with Crippen LogP contribution in [0.2, 0.25) is 0 Å². The quantitative estimate of drug-likeness (QED) is 0.776. The zero-order valence-electron chi connectivity index (χ0n) is 12.8. The predicted molar refractivity (Wildman–Crippen MR) is 83.4 cm³/mol. The Labute approximate surface area is 131 Å². The van der Waals surface area contributed by atoms with Crippen LogP contribution in [0, 0.1) is 5.92 Å². The smallest absolute Gasteiger partial charge is 0.315 e. The first-order valence-corrected chi connectivity index (χ1v) is 8.08. The van der Waals surface area contributed by atoms with E-state index in [0.29, 0.717) is 13.2 Å². The van der Waals surface area contributed by atoms with E-state index in [1.165, 1.54) is 0 Å². The molecular weight excluding hydrogens is 280 g/mol. The zero-order valence-corrected chi connectivity index (χ0v) is 12.8. The average molecular weight is 304 g/mol. The fraction of sp³-hybridized carbons (Fsp3) is 0.588. The highest BCUT2D eigenvalue weighted by Gasteiger charge is 2.45. The summed E-state index contributed by atoms with van der Waals surface area (Å²) in [6, 6.07) is 9.59. The van der Waals surface area contributed by atoms with E-state index in [1.54, 1.807) is 0 Å². The minimum Gasteiger partial charge on any atom is -0.383 e. The van der Waals surface area contributed by atoms with Gasteiger partial charge in [-0.15, -0.1) is 0 Å². The number of hydrogen-bond donors (Lipinski definition) is 3. The summed E-state index contributed by atoms with van der Waals surface area (Å²) >= 11 is 0. The van der Waals surface area contributed by atoms with Gasteiger partial charge in [0.1, 0.15) is 5.60 Å². The molecule has 3 N–H and O–H groups in total. The Hall–Kier alpha value is -1.59. The molecule has 5 heteroatoms. The molecule has 1 unspecified atom stereocenters. The average Bonchev–Trinajstić information content (AvgIpc) is 3.40. The van der Waals surface area contributed by atoms with Crippen LogP contribution in [0.5, 0.6) is 0 Å². The summed E-state index contributed by atoms with van der Waals surface area (Å²) < 4.78 is 5.28. The van der Waals surface area contributed by atoms with Crippen molar-refractivity contribution in [3.8, 4) is 0 Å². The summed E-state index contributed by atoms with van der Waals surface area (Å²) in [6.07, 6.45) is 3.71. The minimum absolute atomic E-state index is 0.166. The number of rotatable bonds is 5. The van der Waals surface area contributed by atoms with Crippen molar-refractivity contribution < 1.29 is 14.6 Å². The number of aliphatic hydroxyl groups is 1. The molecule has 1 saturated heterocycles. The standard InChI is InChI=1S/C17H24N2O3/c20-16(19-15-8-10-22-11-9-15)18-12-17(21,14-6-7-14)13-4-2-1-3-5-13/h1-5,14-15,21H,6-12H2,(H2,18,19,20). The summed E-state index contributed by atoms with van der Waals surface area (Å²) in [5, 5.41) is 16.8. The highest BCUT2D eigenvalue weighted by Crippen LogP contribution is 2.45. The minimum atomic E-state index is -0.964. The van der Waals surface area contributed by atoms with Crippen molar-refractivity contribution in [2.45, 2.75) is 37.3 Å². The topological polar surface area (TPSA) is 70.6 Å². The predicted octanol–water partition coefficient (Wildman–Crippen LogP) is 1.76. The molecule has 120 valence electrons. The molecule has 22 heavy (non-hydrogen) atoms. The van der Waals surface area contributed by atoms with E-state index in [1.807, 2.05) is 30.3 Å². The molecule has 0 radical (unpaired) electrons. The molecule has 0 aromatic heterocycles. The van der Waals surface area contributed by atoms with E-state index in [2.05, 4.69) is 10.6 Å². The maximum absolute atomic E-state index is 12.1. The van der Waals surface area contributed by atoms with Crippen LogP contribution in [-0.2, 0) is 10.3 Å². The lowest BCUT2D eigenvalue weighted by Crippen LogP contribution is -2.49. The Morgan fingerprint density at radius 3 is 2.50 bits per heavy atom. The summed E-state index contributed by atoms with van der Waals surface area (Å²) in [6.45, 7) is 1.64. The molecule has 0 bridgehead atoms. The van der Waals surface area contributed by atoms with Crippen LogP contribution >= 0.6 is 0 Å². The molecule has 1 aliphatic carbocycles. The number of amides is 2. The van der Waals surface area contributed by atoms with Gasteiger partial charge in [-0.1, -0.05) is 30.3 Å². The van der Waals surface area contributed by atoms with Crippen LogP contribution in [0.4, 0.5) is 4.79 Å². The number of ether oxygens (including phenoxy) is 1. The van der Waals surface area contributed by atoms with Gasteiger partial charge < -0.3 is 20.5 Å². The third-order valence-electron chi connectivity index (χ3n) is 4.60. The maximum atomic E-state index is 12.1. The van der Waals surface area contributed by atoms with Crippen molar-refractivity contribution in [3.05, 3.63) is 35.9 Å². The lowest BCUT2D eigenvalue weighted by Gasteiger charge is -2.30. The molecule has 2 fully saturated rings. The van der Waals surface area contributed by atoms with Gasteiger partial charge in [-0.3, -0.25) is 0 Å². The molecule has 5 nitrogen and oxygen atoms in total. The first-order valence-electron chi connectivity index (χ1n) is 8.08. The van der Waals surface area contributed by atoms with Gasteiger partial charge in [0.25, 0.3) is 0 Å². The van der Waals surface area contributed by atoms with Crippen LogP contribution < -0.4 is 10.6 Å². The number of nitrogens with one attached hydrogen (secondary N) is 2. The fourth-order valence-corrected chi connectivity index (χ4v) is 3.06. The number of carbonyl (C=O) groups excluding carboxylic acids is 1. The normalized spacial score (nSPS) is 21.9. The second-order valence-electron chi connectivity index (χ2n) is 6.28. The van der Waals surface area contributed by atoms with Crippen molar-refractivity contribution in [3.63, 3.8) is 0 Å². The first kappa shape index (κ1) is 15.3. The fourth-order valence-electron chi connectivity index (χ4n) is 3.06. The van der Waals surface area contributed by atoms with E-state index in [-0.39, 0.29) is 24.5 Å². The third-order valence-corrected chi connectivity index (χ3v) is 4.60. The molecule has 3 rings (SSSR count). The Kier molecular flexibility index (Phi) is 4.64. The summed E-state index contributed by atoms with van der Waals surface area (Å²) in [7, 11) is 0. The molecule has 1 aromatic rings. The second kappa shape index (κ2) is 6.67. The van der Waals surface area contributed by atoms with Crippen molar-refractivity contribution in [1.29, 1.82) is 0 Å². The monoisotopic (exact) mass is 304 g/mol. The van der Waals surface area contributed by atoms with Crippen LogP contribution in [0.1, 0.15) is 31.2 Å².